The average molecular weight is 302 g/mol. The minimum absolute atomic E-state index is 0.0891. The van der Waals surface area contributed by atoms with Gasteiger partial charge in [0.1, 0.15) is 6.54 Å². The third kappa shape index (κ3) is 3.31. The van der Waals surface area contributed by atoms with Gasteiger partial charge in [-0.15, -0.1) is 0 Å². The van der Waals surface area contributed by atoms with Crippen molar-refractivity contribution >= 4 is 5.91 Å². The van der Waals surface area contributed by atoms with Gasteiger partial charge in [0, 0.05) is 6.04 Å². The minimum atomic E-state index is -4.41. The number of amides is 1. The molecule has 1 aliphatic carbocycles. The number of piperidine rings is 1. The molecular formula is C15H21F3N2O. The Balaban J connectivity index is 2.26. The van der Waals surface area contributed by atoms with E-state index in [9.17, 15) is 18.0 Å². The number of alkyl halides is 3. The van der Waals surface area contributed by atoms with Gasteiger partial charge in [-0.25, -0.2) is 0 Å². The fourth-order valence-corrected chi connectivity index (χ4v) is 3.46. The van der Waals surface area contributed by atoms with Crippen molar-refractivity contribution in [3.05, 3.63) is 24.3 Å². The van der Waals surface area contributed by atoms with Crippen LogP contribution in [0.4, 0.5) is 13.2 Å². The van der Waals surface area contributed by atoms with Gasteiger partial charge in [0.25, 0.3) is 0 Å². The fourth-order valence-electron chi connectivity index (χ4n) is 3.46. The molecule has 0 spiro atoms. The Bertz CT molecular complexity index is 472. The SMILES string of the molecule is C[C@@H]1[C@H](C2(C)C=CC=CC2)C[C@H](N)C(=O)N1CC(F)(F)F. The molecule has 2 aliphatic rings. The molecular weight excluding hydrogens is 281 g/mol. The highest BCUT2D eigenvalue weighted by Crippen LogP contribution is 2.44. The molecule has 0 aromatic heterocycles. The van der Waals surface area contributed by atoms with E-state index in [1.54, 1.807) is 6.92 Å². The largest absolute Gasteiger partial charge is 0.406 e. The van der Waals surface area contributed by atoms with Crippen LogP contribution in [0.3, 0.4) is 0 Å². The van der Waals surface area contributed by atoms with E-state index >= 15 is 0 Å². The van der Waals surface area contributed by atoms with E-state index in [0.717, 1.165) is 11.3 Å². The van der Waals surface area contributed by atoms with Crippen molar-refractivity contribution < 1.29 is 18.0 Å². The van der Waals surface area contributed by atoms with Crippen molar-refractivity contribution in [2.24, 2.45) is 17.1 Å². The zero-order valence-corrected chi connectivity index (χ0v) is 12.2. The molecule has 1 fully saturated rings. The van der Waals surface area contributed by atoms with E-state index in [4.69, 9.17) is 5.73 Å². The van der Waals surface area contributed by atoms with Gasteiger partial charge < -0.3 is 10.6 Å². The maximum absolute atomic E-state index is 12.7. The zero-order valence-electron chi connectivity index (χ0n) is 12.2. The first-order valence-electron chi connectivity index (χ1n) is 7.11. The lowest BCUT2D eigenvalue weighted by Gasteiger charge is -2.49. The Labute approximate surface area is 122 Å². The quantitative estimate of drug-likeness (QED) is 0.852. The minimum Gasteiger partial charge on any atom is -0.329 e. The molecule has 0 aromatic carbocycles. The van der Waals surface area contributed by atoms with Gasteiger partial charge in [-0.3, -0.25) is 4.79 Å². The van der Waals surface area contributed by atoms with Gasteiger partial charge in [-0.2, -0.15) is 13.2 Å². The van der Waals surface area contributed by atoms with Gasteiger partial charge in [0.15, 0.2) is 0 Å². The number of likely N-dealkylation sites (tertiary alicyclic amines) is 1. The van der Waals surface area contributed by atoms with E-state index in [2.05, 4.69) is 0 Å². The van der Waals surface area contributed by atoms with Crippen LogP contribution in [0.25, 0.3) is 0 Å². The van der Waals surface area contributed by atoms with Crippen molar-refractivity contribution in [2.75, 3.05) is 6.54 Å². The molecule has 0 saturated carbocycles. The van der Waals surface area contributed by atoms with E-state index in [0.29, 0.717) is 6.42 Å². The summed E-state index contributed by atoms with van der Waals surface area (Å²) in [5.74, 6) is -0.691. The first-order valence-corrected chi connectivity index (χ1v) is 7.11. The summed E-state index contributed by atoms with van der Waals surface area (Å²) in [6, 6.07) is -1.34. The second-order valence-electron chi connectivity index (χ2n) is 6.27. The monoisotopic (exact) mass is 302 g/mol. The molecule has 1 aliphatic heterocycles. The maximum Gasteiger partial charge on any atom is 0.406 e. The van der Waals surface area contributed by atoms with E-state index in [1.807, 2.05) is 31.2 Å². The topological polar surface area (TPSA) is 46.3 Å². The highest BCUT2D eigenvalue weighted by molar-refractivity contribution is 5.83. The van der Waals surface area contributed by atoms with Crippen molar-refractivity contribution in [1.82, 2.24) is 4.90 Å². The lowest BCUT2D eigenvalue weighted by molar-refractivity contribution is -0.174. The van der Waals surface area contributed by atoms with Gasteiger partial charge >= 0.3 is 6.18 Å². The number of allylic oxidation sites excluding steroid dienone is 4. The van der Waals surface area contributed by atoms with Crippen LogP contribution in [0, 0.1) is 11.3 Å². The number of carbonyl (C=O) groups excluding carboxylic acids is 1. The Morgan fingerprint density at radius 3 is 2.62 bits per heavy atom. The van der Waals surface area contributed by atoms with E-state index in [1.165, 1.54) is 0 Å². The molecule has 3 nitrogen and oxygen atoms in total. The summed E-state index contributed by atoms with van der Waals surface area (Å²) < 4.78 is 38.2. The van der Waals surface area contributed by atoms with Crippen LogP contribution >= 0.6 is 0 Å². The molecule has 1 unspecified atom stereocenters. The molecule has 1 amide bonds. The van der Waals surface area contributed by atoms with Crippen LogP contribution in [0.15, 0.2) is 24.3 Å². The van der Waals surface area contributed by atoms with Crippen LogP contribution < -0.4 is 5.73 Å². The van der Waals surface area contributed by atoms with Crippen molar-refractivity contribution in [3.63, 3.8) is 0 Å². The van der Waals surface area contributed by atoms with Crippen molar-refractivity contribution in [1.29, 1.82) is 0 Å². The Morgan fingerprint density at radius 2 is 2.10 bits per heavy atom. The molecule has 0 bridgehead atoms. The van der Waals surface area contributed by atoms with Crippen LogP contribution in [-0.2, 0) is 4.79 Å². The summed E-state index contributed by atoms with van der Waals surface area (Å²) in [6.07, 6.45) is 4.61. The molecule has 2 rings (SSSR count). The summed E-state index contributed by atoms with van der Waals surface area (Å²) in [5.41, 5.74) is 5.54. The summed E-state index contributed by atoms with van der Waals surface area (Å²) >= 11 is 0. The number of hydrogen-bond donors (Lipinski definition) is 1. The first-order chi connectivity index (χ1) is 9.64. The van der Waals surface area contributed by atoms with Crippen molar-refractivity contribution in [2.45, 2.75) is 44.9 Å². The van der Waals surface area contributed by atoms with Crippen molar-refractivity contribution in [3.8, 4) is 0 Å². The lowest BCUT2D eigenvalue weighted by atomic mass is 9.65. The Hall–Kier alpha value is -1.30. The number of halogens is 3. The number of nitrogens with zero attached hydrogens (tertiary/aromatic N) is 1. The zero-order chi connectivity index (χ0) is 15.8. The summed E-state index contributed by atoms with van der Waals surface area (Å²) in [5, 5.41) is 0. The normalized spacial score (nSPS) is 37.1. The predicted molar refractivity (Wildman–Crippen MR) is 74.3 cm³/mol. The molecule has 0 radical (unpaired) electrons. The molecule has 4 atom stereocenters. The van der Waals surface area contributed by atoms with Crippen LogP contribution in [0.5, 0.6) is 0 Å². The first kappa shape index (κ1) is 16.1. The van der Waals surface area contributed by atoms with Gasteiger partial charge in [-0.05, 0) is 31.1 Å². The average Bonchev–Trinajstić information content (AvgIpc) is 2.38. The molecule has 1 saturated heterocycles. The maximum atomic E-state index is 12.7. The van der Waals surface area contributed by atoms with Gasteiger partial charge in [0.05, 0.1) is 6.04 Å². The van der Waals surface area contributed by atoms with Crippen LogP contribution in [0.2, 0.25) is 0 Å². The molecule has 118 valence electrons. The number of rotatable bonds is 2. The standard InChI is InChI=1S/C15H21F3N2O/c1-10-11(14(2)6-4-3-5-7-14)8-12(19)13(21)20(10)9-15(16,17)18/h3-6,10-12H,7-9,19H2,1-2H3/t10-,11-,12+,14?/m1/s1. The summed E-state index contributed by atoms with van der Waals surface area (Å²) in [7, 11) is 0. The second kappa shape index (κ2) is 5.48. The van der Waals surface area contributed by atoms with Gasteiger partial charge in [0.2, 0.25) is 5.91 Å². The fraction of sp³-hybridized carbons (Fsp3) is 0.667. The van der Waals surface area contributed by atoms with E-state index < -0.39 is 30.7 Å². The lowest BCUT2D eigenvalue weighted by Crippen LogP contribution is -2.61. The molecule has 1 heterocycles. The predicted octanol–water partition coefficient (Wildman–Crippen LogP) is 2.64. The third-order valence-electron chi connectivity index (χ3n) is 4.66. The summed E-state index contributed by atoms with van der Waals surface area (Å²) in [6.45, 7) is 2.48. The van der Waals surface area contributed by atoms with Crippen LogP contribution in [-0.4, -0.2) is 35.6 Å². The molecule has 6 heteroatoms. The van der Waals surface area contributed by atoms with E-state index in [-0.39, 0.29) is 11.3 Å². The number of hydrogen-bond acceptors (Lipinski definition) is 2. The third-order valence-corrected chi connectivity index (χ3v) is 4.66. The summed E-state index contributed by atoms with van der Waals surface area (Å²) in [4.78, 5) is 12.9. The highest BCUT2D eigenvalue weighted by Gasteiger charge is 2.48. The Kier molecular flexibility index (Phi) is 4.19. The highest BCUT2D eigenvalue weighted by atomic mass is 19.4. The molecule has 21 heavy (non-hydrogen) atoms. The van der Waals surface area contributed by atoms with Crippen LogP contribution in [0.1, 0.15) is 26.7 Å². The number of nitrogens with two attached hydrogens (primary N) is 1. The Morgan fingerprint density at radius 1 is 1.43 bits per heavy atom. The molecule has 0 aromatic rings. The second-order valence-corrected chi connectivity index (χ2v) is 6.27. The number of carbonyl (C=O) groups is 1. The molecule has 2 N–H and O–H groups in total. The smallest absolute Gasteiger partial charge is 0.329 e. The van der Waals surface area contributed by atoms with Gasteiger partial charge in [-0.1, -0.05) is 31.2 Å².